The zero-order valence-electron chi connectivity index (χ0n) is 19.8. The highest BCUT2D eigenvalue weighted by Gasteiger charge is 2.34. The Labute approximate surface area is 209 Å². The highest BCUT2D eigenvalue weighted by molar-refractivity contribution is 6.34. The second-order valence-electron chi connectivity index (χ2n) is 8.15. The number of likely N-dealkylation sites (N-methyl/N-ethyl adjacent to an activating group) is 1. The van der Waals surface area contributed by atoms with Crippen molar-refractivity contribution in [3.63, 3.8) is 0 Å². The third-order valence-electron chi connectivity index (χ3n) is 5.91. The van der Waals surface area contributed by atoms with Crippen molar-refractivity contribution in [2.24, 2.45) is 5.10 Å². The first-order valence-electron chi connectivity index (χ1n) is 11.1. The van der Waals surface area contributed by atoms with Crippen molar-refractivity contribution in [2.75, 3.05) is 27.8 Å². The molecule has 0 N–H and O–H groups in total. The summed E-state index contributed by atoms with van der Waals surface area (Å²) in [6, 6.07) is 21.4. The van der Waals surface area contributed by atoms with E-state index in [4.69, 9.17) is 21.1 Å². The van der Waals surface area contributed by atoms with Gasteiger partial charge >= 0.3 is 0 Å². The Morgan fingerprint density at radius 1 is 0.971 bits per heavy atom. The number of hydrogen-bond donors (Lipinski definition) is 0. The predicted octanol–water partition coefficient (Wildman–Crippen LogP) is 4.81. The van der Waals surface area contributed by atoms with Gasteiger partial charge in [-0.15, -0.1) is 0 Å². The highest BCUT2D eigenvalue weighted by Crippen LogP contribution is 2.35. The number of methoxy groups -OCH3 is 2. The number of rotatable bonds is 7. The van der Waals surface area contributed by atoms with Gasteiger partial charge in [0, 0.05) is 29.6 Å². The minimum atomic E-state index is -0.329. The van der Waals surface area contributed by atoms with Crippen LogP contribution in [0.1, 0.15) is 33.9 Å². The number of halogens is 1. The van der Waals surface area contributed by atoms with Gasteiger partial charge in [0.05, 0.1) is 26.0 Å². The smallest absolute Gasteiger partial charge is 0.262 e. The molecule has 1 heterocycles. The maximum Gasteiger partial charge on any atom is 0.262 e. The van der Waals surface area contributed by atoms with Crippen molar-refractivity contribution in [1.29, 1.82) is 0 Å². The van der Waals surface area contributed by atoms with Gasteiger partial charge < -0.3 is 14.4 Å². The van der Waals surface area contributed by atoms with Crippen molar-refractivity contribution >= 4 is 29.1 Å². The average molecular weight is 492 g/mol. The fraction of sp³-hybridized carbons (Fsp3) is 0.222. The van der Waals surface area contributed by atoms with E-state index in [2.05, 4.69) is 5.10 Å². The summed E-state index contributed by atoms with van der Waals surface area (Å²) in [6.07, 6.45) is 0.498. The van der Waals surface area contributed by atoms with E-state index in [0.29, 0.717) is 28.5 Å². The van der Waals surface area contributed by atoms with Gasteiger partial charge in [-0.2, -0.15) is 5.10 Å². The molecule has 0 saturated carbocycles. The Morgan fingerprint density at radius 3 is 2.17 bits per heavy atom. The number of ether oxygens (including phenoxy) is 2. The van der Waals surface area contributed by atoms with E-state index in [-0.39, 0.29) is 24.4 Å². The number of nitrogens with zero attached hydrogens (tertiary/aromatic N) is 3. The largest absolute Gasteiger partial charge is 0.497 e. The molecule has 0 bridgehead atoms. The molecule has 1 aliphatic rings. The number of benzene rings is 3. The van der Waals surface area contributed by atoms with Gasteiger partial charge in [0.1, 0.15) is 18.0 Å². The fourth-order valence-electron chi connectivity index (χ4n) is 3.99. The SMILES string of the molecule is COc1ccc(C(=O)N(C)CC(=O)N2N=C(c3ccccc3Cl)C[C@@H]2c2ccc(OC)cc2)cc1. The standard InChI is InChI=1S/C27H26ClN3O4/c1-30(27(33)19-10-14-21(35-3)15-11-19)17-26(32)31-25(18-8-12-20(34-2)13-9-18)16-24(29-31)22-6-4-5-7-23(22)28/h4-15,25H,16-17H2,1-3H3/t25-/m1/s1. The summed E-state index contributed by atoms with van der Waals surface area (Å²) in [5.41, 5.74) is 2.88. The lowest BCUT2D eigenvalue weighted by molar-refractivity contribution is -0.133. The van der Waals surface area contributed by atoms with Crippen LogP contribution >= 0.6 is 11.6 Å². The molecule has 1 atom stereocenters. The van der Waals surface area contributed by atoms with Gasteiger partial charge in [-0.25, -0.2) is 5.01 Å². The van der Waals surface area contributed by atoms with Gasteiger partial charge in [0.15, 0.2) is 0 Å². The van der Waals surface area contributed by atoms with E-state index in [0.717, 1.165) is 16.9 Å². The molecule has 180 valence electrons. The molecule has 0 unspecified atom stereocenters. The maximum absolute atomic E-state index is 13.4. The Balaban J connectivity index is 1.58. The van der Waals surface area contributed by atoms with E-state index in [1.165, 1.54) is 9.91 Å². The summed E-state index contributed by atoms with van der Waals surface area (Å²) in [6.45, 7) is -0.128. The quantitative estimate of drug-likeness (QED) is 0.475. The van der Waals surface area contributed by atoms with Crippen molar-refractivity contribution in [3.05, 3.63) is 94.5 Å². The molecule has 0 aliphatic carbocycles. The summed E-state index contributed by atoms with van der Waals surface area (Å²) in [5, 5.41) is 6.68. The highest BCUT2D eigenvalue weighted by atomic mass is 35.5. The molecule has 1 aliphatic heterocycles. The molecule has 3 aromatic rings. The van der Waals surface area contributed by atoms with Crippen LogP contribution in [0.15, 0.2) is 77.9 Å². The minimum Gasteiger partial charge on any atom is -0.497 e. The van der Waals surface area contributed by atoms with Crippen LogP contribution in [0.25, 0.3) is 0 Å². The van der Waals surface area contributed by atoms with Gasteiger partial charge in [-0.3, -0.25) is 9.59 Å². The Morgan fingerprint density at radius 2 is 1.57 bits per heavy atom. The van der Waals surface area contributed by atoms with Crippen LogP contribution in [-0.2, 0) is 4.79 Å². The minimum absolute atomic E-state index is 0.128. The predicted molar refractivity (Wildman–Crippen MR) is 135 cm³/mol. The topological polar surface area (TPSA) is 71.4 Å². The summed E-state index contributed by atoms with van der Waals surface area (Å²) < 4.78 is 10.4. The molecule has 7 nitrogen and oxygen atoms in total. The van der Waals surface area contributed by atoms with E-state index >= 15 is 0 Å². The molecular formula is C27H26ClN3O4. The van der Waals surface area contributed by atoms with E-state index < -0.39 is 0 Å². The molecular weight excluding hydrogens is 466 g/mol. The summed E-state index contributed by atoms with van der Waals surface area (Å²) >= 11 is 6.42. The van der Waals surface area contributed by atoms with Crippen molar-refractivity contribution in [2.45, 2.75) is 12.5 Å². The van der Waals surface area contributed by atoms with Crippen LogP contribution in [0, 0.1) is 0 Å². The van der Waals surface area contributed by atoms with Crippen molar-refractivity contribution < 1.29 is 19.1 Å². The van der Waals surface area contributed by atoms with Crippen LogP contribution in [0.5, 0.6) is 11.5 Å². The number of carbonyl (C=O) groups is 2. The third kappa shape index (κ3) is 5.30. The number of hydrazone groups is 1. The molecule has 4 rings (SSSR count). The fourth-order valence-corrected chi connectivity index (χ4v) is 4.23. The molecule has 0 saturated heterocycles. The molecule has 35 heavy (non-hydrogen) atoms. The van der Waals surface area contributed by atoms with E-state index in [1.54, 1.807) is 51.6 Å². The zero-order valence-corrected chi connectivity index (χ0v) is 20.5. The van der Waals surface area contributed by atoms with Crippen LogP contribution in [-0.4, -0.2) is 55.2 Å². The molecule has 0 spiro atoms. The monoisotopic (exact) mass is 491 g/mol. The number of carbonyl (C=O) groups excluding carboxylic acids is 2. The average Bonchev–Trinajstić information content (AvgIpc) is 3.34. The first kappa shape index (κ1) is 24.3. The van der Waals surface area contributed by atoms with Gasteiger partial charge in [0.2, 0.25) is 0 Å². The van der Waals surface area contributed by atoms with Crippen molar-refractivity contribution in [1.82, 2.24) is 9.91 Å². The van der Waals surface area contributed by atoms with Gasteiger partial charge in [-0.1, -0.05) is 41.9 Å². The molecule has 3 aromatic carbocycles. The second kappa shape index (κ2) is 10.6. The first-order chi connectivity index (χ1) is 16.9. The van der Waals surface area contributed by atoms with Crippen LogP contribution in [0.4, 0.5) is 0 Å². The van der Waals surface area contributed by atoms with E-state index in [9.17, 15) is 9.59 Å². The summed E-state index contributed by atoms with van der Waals surface area (Å²) in [7, 11) is 4.77. The van der Waals surface area contributed by atoms with Gasteiger partial charge in [0.25, 0.3) is 11.8 Å². The second-order valence-corrected chi connectivity index (χ2v) is 8.55. The first-order valence-corrected chi connectivity index (χ1v) is 11.5. The Hall–Kier alpha value is -3.84. The normalized spacial score (nSPS) is 14.9. The Bertz CT molecular complexity index is 1240. The lowest BCUT2D eigenvalue weighted by atomic mass is 9.98. The Kier molecular flexibility index (Phi) is 7.36. The van der Waals surface area contributed by atoms with Crippen LogP contribution in [0.2, 0.25) is 5.02 Å². The summed E-state index contributed by atoms with van der Waals surface area (Å²) in [4.78, 5) is 27.7. The zero-order chi connectivity index (χ0) is 24.9. The van der Waals surface area contributed by atoms with Crippen molar-refractivity contribution in [3.8, 4) is 11.5 Å². The van der Waals surface area contributed by atoms with Gasteiger partial charge in [-0.05, 0) is 48.0 Å². The molecule has 0 aromatic heterocycles. The lowest BCUT2D eigenvalue weighted by Gasteiger charge is -2.25. The molecule has 2 amide bonds. The molecule has 0 radical (unpaired) electrons. The van der Waals surface area contributed by atoms with Crippen LogP contribution < -0.4 is 9.47 Å². The summed E-state index contributed by atoms with van der Waals surface area (Å²) in [5.74, 6) is 0.816. The lowest BCUT2D eigenvalue weighted by Crippen LogP contribution is -2.39. The third-order valence-corrected chi connectivity index (χ3v) is 6.24. The number of amides is 2. The van der Waals surface area contributed by atoms with E-state index in [1.807, 2.05) is 42.5 Å². The maximum atomic E-state index is 13.4. The molecule has 8 heteroatoms. The van der Waals surface area contributed by atoms with Crippen LogP contribution in [0.3, 0.4) is 0 Å². The number of hydrogen-bond acceptors (Lipinski definition) is 5. The molecule has 0 fully saturated rings.